The molecule has 0 spiro atoms. The van der Waals surface area contributed by atoms with E-state index >= 15 is 0 Å². The molecular weight excluding hydrogens is 360 g/mol. The lowest BCUT2D eigenvalue weighted by Gasteiger charge is -2.16. The molecule has 0 bridgehead atoms. The van der Waals surface area contributed by atoms with E-state index in [2.05, 4.69) is 28.1 Å². The maximum atomic E-state index is 12.4. The van der Waals surface area contributed by atoms with Crippen LogP contribution in [0, 0.1) is 0 Å². The lowest BCUT2D eigenvalue weighted by molar-refractivity contribution is -0.117. The highest BCUT2D eigenvalue weighted by atomic mass is 16.2. The predicted octanol–water partition coefficient (Wildman–Crippen LogP) is 4.31. The van der Waals surface area contributed by atoms with E-state index in [4.69, 9.17) is 4.98 Å². The number of carbonyl (C=O) groups excluding carboxylic acids is 1. The first-order valence-corrected chi connectivity index (χ1v) is 9.64. The third kappa shape index (κ3) is 4.36. The molecule has 0 atom stereocenters. The van der Waals surface area contributed by atoms with Crippen molar-refractivity contribution in [1.29, 1.82) is 0 Å². The van der Waals surface area contributed by atoms with Crippen LogP contribution in [-0.2, 0) is 18.4 Å². The number of amides is 1. The number of nitrogens with zero attached hydrogens (tertiary/aromatic N) is 3. The summed E-state index contributed by atoms with van der Waals surface area (Å²) in [5.41, 5.74) is 5.06. The first kappa shape index (κ1) is 18.9. The normalized spacial score (nSPS) is 11.1. The Bertz CT molecular complexity index is 1120. The smallest absolute Gasteiger partial charge is 0.238 e. The van der Waals surface area contributed by atoms with E-state index < -0.39 is 0 Å². The molecule has 0 aliphatic heterocycles. The van der Waals surface area contributed by atoms with E-state index in [0.29, 0.717) is 6.54 Å². The molecular formula is C24H24N4O. The van der Waals surface area contributed by atoms with Gasteiger partial charge >= 0.3 is 0 Å². The fraction of sp³-hybridized carbons (Fsp3) is 0.167. The summed E-state index contributed by atoms with van der Waals surface area (Å²) in [4.78, 5) is 19.1. The number of imidazole rings is 1. The maximum absolute atomic E-state index is 12.4. The number of benzene rings is 3. The van der Waals surface area contributed by atoms with E-state index in [1.54, 1.807) is 0 Å². The van der Waals surface area contributed by atoms with Crippen LogP contribution in [0.4, 0.5) is 5.69 Å². The first-order valence-electron chi connectivity index (χ1n) is 9.64. The van der Waals surface area contributed by atoms with Crippen molar-refractivity contribution in [3.63, 3.8) is 0 Å². The average molecular weight is 384 g/mol. The summed E-state index contributed by atoms with van der Waals surface area (Å²) in [6.07, 6.45) is 0. The highest BCUT2D eigenvalue weighted by Crippen LogP contribution is 2.24. The Morgan fingerprint density at radius 1 is 0.966 bits per heavy atom. The van der Waals surface area contributed by atoms with Gasteiger partial charge in [0.25, 0.3) is 0 Å². The summed E-state index contributed by atoms with van der Waals surface area (Å²) in [6.45, 7) is 1.07. The van der Waals surface area contributed by atoms with Gasteiger partial charge in [0, 0.05) is 24.8 Å². The van der Waals surface area contributed by atoms with Crippen molar-refractivity contribution in [1.82, 2.24) is 14.5 Å². The molecule has 1 aromatic heterocycles. The van der Waals surface area contributed by atoms with E-state index in [0.717, 1.165) is 34.7 Å². The second-order valence-corrected chi connectivity index (χ2v) is 7.27. The molecule has 0 aliphatic rings. The van der Waals surface area contributed by atoms with Crippen molar-refractivity contribution in [2.75, 3.05) is 18.9 Å². The Labute approximate surface area is 170 Å². The standard InChI is InChI=1S/C24H24N4O/c1-27(16-18-8-4-3-5-9-18)17-23(29)25-20-14-12-19(13-15-20)24-26-21-10-6-7-11-22(21)28(24)2/h3-15H,16-17H2,1-2H3,(H,25,29). The molecule has 0 aliphatic carbocycles. The molecule has 0 fully saturated rings. The number of hydrogen-bond acceptors (Lipinski definition) is 3. The number of aryl methyl sites for hydroxylation is 1. The molecule has 29 heavy (non-hydrogen) atoms. The monoisotopic (exact) mass is 384 g/mol. The number of fused-ring (bicyclic) bond motifs is 1. The molecule has 0 saturated carbocycles. The summed E-state index contributed by atoms with van der Waals surface area (Å²) in [5.74, 6) is 0.880. The quantitative estimate of drug-likeness (QED) is 0.539. The number of anilines is 1. The molecule has 5 heteroatoms. The average Bonchev–Trinajstić information content (AvgIpc) is 3.06. The van der Waals surface area contributed by atoms with Crippen LogP contribution in [0.3, 0.4) is 0 Å². The zero-order valence-electron chi connectivity index (χ0n) is 16.7. The summed E-state index contributed by atoms with van der Waals surface area (Å²) < 4.78 is 2.08. The van der Waals surface area contributed by atoms with E-state index in [-0.39, 0.29) is 5.91 Å². The maximum Gasteiger partial charge on any atom is 0.238 e. The van der Waals surface area contributed by atoms with Gasteiger partial charge in [0.1, 0.15) is 5.82 Å². The second-order valence-electron chi connectivity index (χ2n) is 7.27. The van der Waals surface area contributed by atoms with Gasteiger partial charge in [-0.2, -0.15) is 0 Å². The number of nitrogens with one attached hydrogen (secondary N) is 1. The third-order valence-corrected chi connectivity index (χ3v) is 4.92. The molecule has 0 unspecified atom stereocenters. The summed E-state index contributed by atoms with van der Waals surface area (Å²) in [5, 5.41) is 2.97. The van der Waals surface area contributed by atoms with Crippen molar-refractivity contribution in [2.45, 2.75) is 6.54 Å². The zero-order valence-corrected chi connectivity index (χ0v) is 16.7. The molecule has 3 aromatic carbocycles. The van der Waals surface area contributed by atoms with Gasteiger partial charge in [-0.3, -0.25) is 9.69 Å². The lowest BCUT2D eigenvalue weighted by atomic mass is 10.2. The molecule has 5 nitrogen and oxygen atoms in total. The van der Waals surface area contributed by atoms with Crippen LogP contribution in [0.1, 0.15) is 5.56 Å². The van der Waals surface area contributed by atoms with Gasteiger partial charge in [0.05, 0.1) is 17.6 Å². The number of hydrogen-bond donors (Lipinski definition) is 1. The van der Waals surface area contributed by atoms with Crippen molar-refractivity contribution in [3.05, 3.63) is 84.4 Å². The highest BCUT2D eigenvalue weighted by Gasteiger charge is 2.11. The Hall–Kier alpha value is -3.44. The molecule has 1 N–H and O–H groups in total. The Kier molecular flexibility index (Phi) is 5.40. The number of likely N-dealkylation sites (N-methyl/N-ethyl adjacent to an activating group) is 1. The molecule has 0 radical (unpaired) electrons. The largest absolute Gasteiger partial charge is 0.327 e. The first-order chi connectivity index (χ1) is 14.1. The van der Waals surface area contributed by atoms with Crippen LogP contribution in [0.5, 0.6) is 0 Å². The Morgan fingerprint density at radius 3 is 2.38 bits per heavy atom. The van der Waals surface area contributed by atoms with Crippen LogP contribution in [0.2, 0.25) is 0 Å². The molecule has 4 aromatic rings. The number of carbonyl (C=O) groups is 1. The minimum Gasteiger partial charge on any atom is -0.327 e. The fourth-order valence-corrected chi connectivity index (χ4v) is 3.50. The zero-order chi connectivity index (χ0) is 20.2. The van der Waals surface area contributed by atoms with Crippen molar-refractivity contribution < 1.29 is 4.79 Å². The van der Waals surface area contributed by atoms with Crippen LogP contribution in [0.25, 0.3) is 22.4 Å². The van der Waals surface area contributed by atoms with Gasteiger partial charge in [0.2, 0.25) is 5.91 Å². The van der Waals surface area contributed by atoms with Crippen molar-refractivity contribution in [2.24, 2.45) is 7.05 Å². The molecule has 1 amide bonds. The topological polar surface area (TPSA) is 50.2 Å². The fourth-order valence-electron chi connectivity index (χ4n) is 3.50. The van der Waals surface area contributed by atoms with Gasteiger partial charge in [-0.05, 0) is 49.0 Å². The van der Waals surface area contributed by atoms with Crippen LogP contribution >= 0.6 is 0 Å². The van der Waals surface area contributed by atoms with Gasteiger partial charge in [0.15, 0.2) is 0 Å². The Morgan fingerprint density at radius 2 is 1.66 bits per heavy atom. The van der Waals surface area contributed by atoms with Crippen molar-refractivity contribution in [3.8, 4) is 11.4 Å². The van der Waals surface area contributed by atoms with Gasteiger partial charge in [-0.25, -0.2) is 4.98 Å². The molecule has 1 heterocycles. The SMILES string of the molecule is CN(CC(=O)Nc1ccc(-c2nc3ccccc3n2C)cc1)Cc1ccccc1. The minimum atomic E-state index is -0.0288. The highest BCUT2D eigenvalue weighted by molar-refractivity contribution is 5.92. The van der Waals surface area contributed by atoms with Gasteiger partial charge in [-0.1, -0.05) is 42.5 Å². The molecule has 146 valence electrons. The summed E-state index contributed by atoms with van der Waals surface area (Å²) in [6, 6.07) is 26.0. The van der Waals surface area contributed by atoms with E-state index in [9.17, 15) is 4.79 Å². The number of aromatic nitrogens is 2. The minimum absolute atomic E-state index is 0.0288. The van der Waals surface area contributed by atoms with Gasteiger partial charge in [-0.15, -0.1) is 0 Å². The van der Waals surface area contributed by atoms with Crippen LogP contribution < -0.4 is 5.32 Å². The molecule has 4 rings (SSSR count). The number of rotatable bonds is 6. The lowest BCUT2D eigenvalue weighted by Crippen LogP contribution is -2.29. The predicted molar refractivity (Wildman–Crippen MR) is 118 cm³/mol. The van der Waals surface area contributed by atoms with Gasteiger partial charge < -0.3 is 9.88 Å². The Balaban J connectivity index is 1.40. The van der Waals surface area contributed by atoms with E-state index in [1.807, 2.05) is 79.7 Å². The number of para-hydroxylation sites is 2. The van der Waals surface area contributed by atoms with Crippen LogP contribution in [0.15, 0.2) is 78.9 Å². The third-order valence-electron chi connectivity index (χ3n) is 4.92. The summed E-state index contributed by atoms with van der Waals surface area (Å²) >= 11 is 0. The van der Waals surface area contributed by atoms with Crippen molar-refractivity contribution >= 4 is 22.6 Å². The second kappa shape index (κ2) is 8.29. The molecule has 0 saturated heterocycles. The van der Waals surface area contributed by atoms with Crippen LogP contribution in [-0.4, -0.2) is 34.0 Å². The summed E-state index contributed by atoms with van der Waals surface area (Å²) in [7, 11) is 3.96. The van der Waals surface area contributed by atoms with E-state index in [1.165, 1.54) is 5.56 Å².